The van der Waals surface area contributed by atoms with Gasteiger partial charge in [0.2, 0.25) is 0 Å². The number of imide groups is 2. The first-order valence-corrected chi connectivity index (χ1v) is 15.8. The van der Waals surface area contributed by atoms with Crippen LogP contribution in [-0.2, 0) is 24.5 Å². The number of esters is 1. The predicted octanol–water partition coefficient (Wildman–Crippen LogP) is 5.92. The number of hydrogen-bond donors (Lipinski definition) is 1. The van der Waals surface area contributed by atoms with Crippen LogP contribution in [0.3, 0.4) is 0 Å². The van der Waals surface area contributed by atoms with E-state index in [9.17, 15) is 19.2 Å². The number of nitrogens with one attached hydrogen (secondary N) is 1. The van der Waals surface area contributed by atoms with E-state index in [1.807, 2.05) is 12.1 Å². The molecule has 4 saturated carbocycles. The number of barbiturate groups is 1. The number of anilines is 1. The third-order valence-corrected chi connectivity index (χ3v) is 9.88. The minimum atomic E-state index is -0.788. The van der Waals surface area contributed by atoms with E-state index in [1.165, 1.54) is 50.2 Å². The minimum Gasteiger partial charge on any atom is -0.490 e. The van der Waals surface area contributed by atoms with Gasteiger partial charge in [-0.15, -0.1) is 0 Å². The fourth-order valence-electron chi connectivity index (χ4n) is 7.86. The van der Waals surface area contributed by atoms with Crippen molar-refractivity contribution in [1.82, 2.24) is 5.32 Å². The predicted molar refractivity (Wildman–Crippen MR) is 163 cm³/mol. The molecule has 226 valence electrons. The number of halogens is 1. The van der Waals surface area contributed by atoms with Crippen LogP contribution in [0.2, 0.25) is 0 Å². The zero-order valence-electron chi connectivity index (χ0n) is 24.3. The normalized spacial score (nSPS) is 27.0. The van der Waals surface area contributed by atoms with Gasteiger partial charge in [0.15, 0.2) is 18.1 Å². The van der Waals surface area contributed by atoms with Gasteiger partial charge in [0, 0.05) is 4.47 Å². The van der Waals surface area contributed by atoms with Crippen LogP contribution in [0.5, 0.6) is 11.5 Å². The third-order valence-electron chi connectivity index (χ3n) is 9.19. The number of nitrogens with zero attached hydrogens (tertiary/aromatic N) is 1. The molecule has 43 heavy (non-hydrogen) atoms. The molecule has 2 aromatic carbocycles. The Morgan fingerprint density at radius 2 is 1.58 bits per heavy atom. The Hall–Kier alpha value is -3.66. The van der Waals surface area contributed by atoms with Crippen molar-refractivity contribution in [2.24, 2.45) is 17.8 Å². The van der Waals surface area contributed by atoms with Gasteiger partial charge in [-0.05, 0) is 117 Å². The molecule has 0 spiro atoms. The Balaban J connectivity index is 1.25. The van der Waals surface area contributed by atoms with E-state index in [2.05, 4.69) is 33.4 Å². The number of carbonyl (C=O) groups is 4. The highest BCUT2D eigenvalue weighted by Gasteiger charge is 2.51. The molecular weight excluding hydrogens is 616 g/mol. The lowest BCUT2D eigenvalue weighted by molar-refractivity contribution is -0.145. The van der Waals surface area contributed by atoms with Gasteiger partial charge in [0.25, 0.3) is 11.8 Å². The molecule has 1 heterocycles. The van der Waals surface area contributed by atoms with Gasteiger partial charge in [-0.3, -0.25) is 14.9 Å². The van der Waals surface area contributed by atoms with Gasteiger partial charge in [-0.25, -0.2) is 14.5 Å². The topological polar surface area (TPSA) is 111 Å². The summed E-state index contributed by atoms with van der Waals surface area (Å²) in [6.45, 7) is 3.75. The Labute approximate surface area is 259 Å². The summed E-state index contributed by atoms with van der Waals surface area (Å²) in [5, 5.41) is 2.30. The van der Waals surface area contributed by atoms with Gasteiger partial charge in [-0.2, -0.15) is 0 Å². The average molecular weight is 652 g/mol. The fraction of sp³-hybridized carbons (Fsp3) is 0.455. The maximum atomic E-state index is 13.6. The molecule has 0 unspecified atom stereocenters. The molecule has 5 aliphatic rings. The minimum absolute atomic E-state index is 0.194. The van der Waals surface area contributed by atoms with E-state index < -0.39 is 23.8 Å². The number of rotatable bonds is 9. The lowest BCUT2D eigenvalue weighted by Gasteiger charge is -2.57. The molecule has 0 aromatic heterocycles. The monoisotopic (exact) mass is 650 g/mol. The van der Waals surface area contributed by atoms with Crippen molar-refractivity contribution < 1.29 is 33.4 Å². The van der Waals surface area contributed by atoms with Crippen LogP contribution < -0.4 is 19.7 Å². The molecule has 5 fully saturated rings. The number of carbonyl (C=O) groups excluding carboxylic acids is 4. The van der Waals surface area contributed by atoms with Gasteiger partial charge < -0.3 is 14.2 Å². The molecular formula is C33H35BrN2O7. The van der Waals surface area contributed by atoms with E-state index in [1.54, 1.807) is 26.0 Å². The molecule has 0 atom stereocenters. The number of hydrogen-bond acceptors (Lipinski definition) is 7. The van der Waals surface area contributed by atoms with Crippen LogP contribution in [0.1, 0.15) is 63.5 Å². The van der Waals surface area contributed by atoms with Crippen molar-refractivity contribution in [3.63, 3.8) is 0 Å². The van der Waals surface area contributed by atoms with Gasteiger partial charge >= 0.3 is 12.0 Å². The highest BCUT2D eigenvalue weighted by molar-refractivity contribution is 9.10. The zero-order chi connectivity index (χ0) is 30.3. The van der Waals surface area contributed by atoms with E-state index in [0.717, 1.165) is 22.7 Å². The van der Waals surface area contributed by atoms with Crippen LogP contribution in [-0.4, -0.2) is 43.6 Å². The fourth-order valence-corrected chi connectivity index (χ4v) is 8.29. The maximum Gasteiger partial charge on any atom is 0.344 e. The first-order chi connectivity index (χ1) is 20.7. The summed E-state index contributed by atoms with van der Waals surface area (Å²) >= 11 is 3.46. The summed E-state index contributed by atoms with van der Waals surface area (Å²) in [4.78, 5) is 52.2. The summed E-state index contributed by atoms with van der Waals surface area (Å²) in [7, 11) is 0. The second kappa shape index (κ2) is 11.8. The van der Waals surface area contributed by atoms with Crippen molar-refractivity contribution in [2.45, 2.75) is 57.8 Å². The number of amides is 4. The second-order valence-electron chi connectivity index (χ2n) is 12.0. The Kier molecular flexibility index (Phi) is 8.06. The molecule has 1 saturated heterocycles. The summed E-state index contributed by atoms with van der Waals surface area (Å²) in [6.07, 6.45) is 9.12. The standard InChI is InChI=1S/C33H35BrN2O7/c1-3-41-27-13-22(26(34)14-28(27)43-18-29(37)42-4-2)12-25-30(38)35-32(40)36(31(25)39)24-7-5-23(6-8-24)33-15-19-9-20(16-33)11-21(10-19)17-33/h5-8,12-14,19-21H,3-4,9-11,15-18H2,1-2H3,(H,35,38,40)/b25-12+. The Morgan fingerprint density at radius 3 is 2.19 bits per heavy atom. The molecule has 2 aromatic rings. The van der Waals surface area contributed by atoms with Gasteiger partial charge in [-0.1, -0.05) is 28.1 Å². The van der Waals surface area contributed by atoms with E-state index >= 15 is 0 Å². The first-order valence-electron chi connectivity index (χ1n) is 15.0. The molecule has 9 nitrogen and oxygen atoms in total. The lowest BCUT2D eigenvalue weighted by atomic mass is 9.48. The molecule has 10 heteroatoms. The number of urea groups is 1. The summed E-state index contributed by atoms with van der Waals surface area (Å²) < 4.78 is 16.7. The molecule has 4 aliphatic carbocycles. The number of ether oxygens (including phenoxy) is 3. The quantitative estimate of drug-likeness (QED) is 0.204. The second-order valence-corrected chi connectivity index (χ2v) is 12.9. The lowest BCUT2D eigenvalue weighted by Crippen LogP contribution is -2.54. The third kappa shape index (κ3) is 5.69. The van der Waals surface area contributed by atoms with Crippen molar-refractivity contribution in [3.05, 3.63) is 57.6 Å². The van der Waals surface area contributed by atoms with Crippen molar-refractivity contribution in [2.75, 3.05) is 24.7 Å². The number of benzene rings is 2. The van der Waals surface area contributed by atoms with Crippen LogP contribution in [0.15, 0.2) is 46.4 Å². The molecule has 4 amide bonds. The average Bonchev–Trinajstić information content (AvgIpc) is 2.95. The molecule has 1 N–H and O–H groups in total. The van der Waals surface area contributed by atoms with Gasteiger partial charge in [0.1, 0.15) is 5.57 Å². The Morgan fingerprint density at radius 1 is 0.953 bits per heavy atom. The molecule has 1 aliphatic heterocycles. The van der Waals surface area contributed by atoms with E-state index in [4.69, 9.17) is 14.2 Å². The van der Waals surface area contributed by atoms with Crippen molar-refractivity contribution in [3.8, 4) is 11.5 Å². The van der Waals surface area contributed by atoms with E-state index in [0.29, 0.717) is 33.8 Å². The zero-order valence-corrected chi connectivity index (χ0v) is 25.9. The molecule has 0 radical (unpaired) electrons. The van der Waals surface area contributed by atoms with Crippen LogP contribution in [0.4, 0.5) is 10.5 Å². The highest BCUT2D eigenvalue weighted by Crippen LogP contribution is 2.60. The molecule has 4 bridgehead atoms. The van der Waals surface area contributed by atoms with Crippen LogP contribution in [0.25, 0.3) is 6.08 Å². The van der Waals surface area contributed by atoms with E-state index in [-0.39, 0.29) is 24.2 Å². The smallest absolute Gasteiger partial charge is 0.344 e. The largest absolute Gasteiger partial charge is 0.490 e. The van der Waals surface area contributed by atoms with Crippen LogP contribution in [0, 0.1) is 17.8 Å². The van der Waals surface area contributed by atoms with Gasteiger partial charge in [0.05, 0.1) is 18.9 Å². The highest BCUT2D eigenvalue weighted by atomic mass is 79.9. The van der Waals surface area contributed by atoms with Crippen LogP contribution >= 0.6 is 15.9 Å². The van der Waals surface area contributed by atoms with Crippen molar-refractivity contribution in [1.29, 1.82) is 0 Å². The summed E-state index contributed by atoms with van der Waals surface area (Å²) in [6, 6.07) is 10.2. The maximum absolute atomic E-state index is 13.6. The molecule has 7 rings (SSSR count). The SMILES string of the molecule is CCOC(=O)COc1cc(Br)c(/C=C2\C(=O)NC(=O)N(c3ccc(C45CC6CC(CC(C6)C4)C5)cc3)C2=O)cc1OCC. The first kappa shape index (κ1) is 29.4. The summed E-state index contributed by atoms with van der Waals surface area (Å²) in [5.41, 5.74) is 2.14. The summed E-state index contributed by atoms with van der Waals surface area (Å²) in [5.74, 6) is 0.998. The van der Waals surface area contributed by atoms with Crippen molar-refractivity contribution >= 4 is 51.5 Å². The Bertz CT molecular complexity index is 1460.